The Morgan fingerprint density at radius 2 is 1.81 bits per heavy atom. The van der Waals surface area contributed by atoms with E-state index in [1.54, 1.807) is 0 Å². The highest BCUT2D eigenvalue weighted by Gasteiger charge is 2.35. The molecule has 16 heavy (non-hydrogen) atoms. The average Bonchev–Trinajstić information content (AvgIpc) is 2.16. The molecule has 1 aromatic heterocycles. The van der Waals surface area contributed by atoms with E-state index in [1.165, 1.54) is 0 Å². The molecule has 0 saturated carbocycles. The zero-order valence-corrected chi connectivity index (χ0v) is 8.27. The van der Waals surface area contributed by atoms with Crippen LogP contribution in [0.3, 0.4) is 0 Å². The molecule has 0 aliphatic carbocycles. The second-order valence-corrected chi connectivity index (χ2v) is 3.34. The van der Waals surface area contributed by atoms with E-state index in [4.69, 9.17) is 11.6 Å². The molecule has 7 heteroatoms. The molecule has 1 aromatic carbocycles. The summed E-state index contributed by atoms with van der Waals surface area (Å²) in [5.74, 6) is -0.788. The molecule has 2 aromatic rings. The highest BCUT2D eigenvalue weighted by atomic mass is 35.5. The van der Waals surface area contributed by atoms with Crippen molar-refractivity contribution in [2.75, 3.05) is 0 Å². The van der Waals surface area contributed by atoms with Gasteiger partial charge in [-0.25, -0.2) is 14.4 Å². The van der Waals surface area contributed by atoms with Gasteiger partial charge in [-0.15, -0.1) is 0 Å². The highest BCUT2D eigenvalue weighted by Crippen LogP contribution is 2.33. The van der Waals surface area contributed by atoms with Gasteiger partial charge in [0.15, 0.2) is 5.69 Å². The zero-order chi connectivity index (χ0) is 11.9. The summed E-state index contributed by atoms with van der Waals surface area (Å²) >= 11 is 5.35. The molecule has 0 aliphatic heterocycles. The highest BCUT2D eigenvalue weighted by molar-refractivity contribution is 6.28. The van der Waals surface area contributed by atoms with E-state index in [2.05, 4.69) is 9.97 Å². The predicted molar refractivity (Wildman–Crippen MR) is 49.5 cm³/mol. The third kappa shape index (κ3) is 1.92. The van der Waals surface area contributed by atoms with Gasteiger partial charge in [0.05, 0.1) is 5.52 Å². The summed E-state index contributed by atoms with van der Waals surface area (Å²) in [6, 6.07) is 2.85. The van der Waals surface area contributed by atoms with Gasteiger partial charge < -0.3 is 0 Å². The minimum absolute atomic E-state index is 0.0475. The first-order chi connectivity index (χ1) is 7.38. The van der Waals surface area contributed by atoms with E-state index in [0.717, 1.165) is 18.2 Å². The number of hydrogen-bond donors (Lipinski definition) is 0. The van der Waals surface area contributed by atoms with Crippen LogP contribution < -0.4 is 0 Å². The van der Waals surface area contributed by atoms with Crippen LogP contribution >= 0.6 is 11.6 Å². The normalized spacial score (nSPS) is 12.1. The molecule has 1 heterocycles. The summed E-state index contributed by atoms with van der Waals surface area (Å²) in [4.78, 5) is 6.65. The molecule has 0 N–H and O–H groups in total. The lowest BCUT2D eigenvalue weighted by atomic mass is 10.2. The van der Waals surface area contributed by atoms with E-state index in [0.29, 0.717) is 0 Å². The number of halogens is 5. The fourth-order valence-corrected chi connectivity index (χ4v) is 1.46. The number of benzene rings is 1. The molecule has 0 unspecified atom stereocenters. The van der Waals surface area contributed by atoms with Crippen molar-refractivity contribution in [2.45, 2.75) is 6.18 Å². The van der Waals surface area contributed by atoms with E-state index in [9.17, 15) is 17.6 Å². The van der Waals surface area contributed by atoms with Gasteiger partial charge in [-0.2, -0.15) is 13.2 Å². The van der Waals surface area contributed by atoms with Gasteiger partial charge in [0.1, 0.15) is 5.82 Å². The smallest absolute Gasteiger partial charge is 0.218 e. The number of alkyl halides is 3. The van der Waals surface area contributed by atoms with Gasteiger partial charge in [-0.3, -0.25) is 0 Å². The van der Waals surface area contributed by atoms with Gasteiger partial charge in [-0.1, -0.05) is 0 Å². The molecule has 0 radical (unpaired) electrons. The van der Waals surface area contributed by atoms with E-state index in [-0.39, 0.29) is 5.52 Å². The van der Waals surface area contributed by atoms with Crippen LogP contribution in [0.15, 0.2) is 18.2 Å². The maximum atomic E-state index is 12.8. The molecular formula is C9H3ClF4N2. The van der Waals surface area contributed by atoms with Gasteiger partial charge >= 0.3 is 6.18 Å². The first-order valence-corrected chi connectivity index (χ1v) is 4.46. The van der Waals surface area contributed by atoms with E-state index >= 15 is 0 Å². The van der Waals surface area contributed by atoms with Crippen LogP contribution in [0.4, 0.5) is 17.6 Å². The Bertz CT molecular complexity index is 553. The van der Waals surface area contributed by atoms with Crippen LogP contribution in [0.5, 0.6) is 0 Å². The van der Waals surface area contributed by atoms with Crippen molar-refractivity contribution in [3.8, 4) is 0 Å². The minimum Gasteiger partial charge on any atom is -0.218 e. The Labute approximate surface area is 91.9 Å². The topological polar surface area (TPSA) is 25.8 Å². The second kappa shape index (κ2) is 3.55. The number of aromatic nitrogens is 2. The van der Waals surface area contributed by atoms with Crippen molar-refractivity contribution in [1.29, 1.82) is 0 Å². The van der Waals surface area contributed by atoms with Crippen molar-refractivity contribution < 1.29 is 17.6 Å². The Balaban J connectivity index is 2.85. The van der Waals surface area contributed by atoms with Gasteiger partial charge in [-0.05, 0) is 29.8 Å². The lowest BCUT2D eigenvalue weighted by molar-refractivity contribution is -0.139. The van der Waals surface area contributed by atoms with Crippen LogP contribution in [-0.4, -0.2) is 9.97 Å². The fraction of sp³-hybridized carbons (Fsp3) is 0.111. The summed E-state index contributed by atoms with van der Waals surface area (Å²) in [6.07, 6.45) is -4.70. The number of rotatable bonds is 0. The number of fused-ring (bicyclic) bond motifs is 1. The first-order valence-electron chi connectivity index (χ1n) is 4.08. The van der Waals surface area contributed by atoms with Crippen molar-refractivity contribution >= 4 is 22.5 Å². The van der Waals surface area contributed by atoms with Crippen molar-refractivity contribution in [3.05, 3.63) is 35.0 Å². The molecule has 0 atom stereocenters. The monoisotopic (exact) mass is 250 g/mol. The van der Waals surface area contributed by atoms with Gasteiger partial charge in [0, 0.05) is 5.39 Å². The zero-order valence-electron chi connectivity index (χ0n) is 7.52. The molecule has 0 spiro atoms. The van der Waals surface area contributed by atoms with E-state index in [1.807, 2.05) is 0 Å². The van der Waals surface area contributed by atoms with Crippen LogP contribution in [0.25, 0.3) is 10.9 Å². The largest absolute Gasteiger partial charge is 0.434 e. The quantitative estimate of drug-likeness (QED) is 0.529. The van der Waals surface area contributed by atoms with Crippen LogP contribution in [0.1, 0.15) is 5.69 Å². The molecule has 0 fully saturated rings. The maximum absolute atomic E-state index is 12.8. The van der Waals surface area contributed by atoms with Gasteiger partial charge in [0.25, 0.3) is 0 Å². The number of nitrogens with zero attached hydrogens (tertiary/aromatic N) is 2. The molecular weight excluding hydrogens is 248 g/mol. The maximum Gasteiger partial charge on any atom is 0.434 e. The minimum atomic E-state index is -4.70. The Morgan fingerprint density at radius 3 is 2.44 bits per heavy atom. The van der Waals surface area contributed by atoms with E-state index < -0.39 is 28.4 Å². The van der Waals surface area contributed by atoms with Crippen molar-refractivity contribution in [3.63, 3.8) is 0 Å². The summed E-state index contributed by atoms with van der Waals surface area (Å²) in [6.45, 7) is 0. The molecule has 0 bridgehead atoms. The summed E-state index contributed by atoms with van der Waals surface area (Å²) in [7, 11) is 0. The summed E-state index contributed by atoms with van der Waals surface area (Å²) < 4.78 is 50.5. The van der Waals surface area contributed by atoms with Crippen LogP contribution in [0, 0.1) is 5.82 Å². The van der Waals surface area contributed by atoms with Crippen LogP contribution in [-0.2, 0) is 6.18 Å². The third-order valence-electron chi connectivity index (χ3n) is 1.90. The SMILES string of the molecule is Fc1ccc2nc(Cl)nc(C(F)(F)F)c2c1. The molecule has 0 saturated heterocycles. The Hall–Kier alpha value is -1.43. The molecule has 84 valence electrons. The lowest BCUT2D eigenvalue weighted by Gasteiger charge is -2.09. The Morgan fingerprint density at radius 1 is 1.12 bits per heavy atom. The average molecular weight is 251 g/mol. The lowest BCUT2D eigenvalue weighted by Crippen LogP contribution is -2.10. The van der Waals surface area contributed by atoms with Crippen molar-refractivity contribution in [2.24, 2.45) is 0 Å². The molecule has 2 nitrogen and oxygen atoms in total. The standard InChI is InChI=1S/C9H3ClF4N2/c10-8-15-6-2-1-4(11)3-5(6)7(16-8)9(12,13)14/h1-3H. The number of hydrogen-bond acceptors (Lipinski definition) is 2. The second-order valence-electron chi connectivity index (χ2n) is 3.00. The summed E-state index contributed by atoms with van der Waals surface area (Å²) in [5.41, 5.74) is -1.28. The van der Waals surface area contributed by atoms with Gasteiger partial charge in [0.2, 0.25) is 5.28 Å². The van der Waals surface area contributed by atoms with Crippen LogP contribution in [0.2, 0.25) is 5.28 Å². The Kier molecular flexibility index (Phi) is 2.46. The first kappa shape index (κ1) is 11.1. The molecule has 2 rings (SSSR count). The fourth-order valence-electron chi connectivity index (χ4n) is 1.29. The van der Waals surface area contributed by atoms with Crippen molar-refractivity contribution in [1.82, 2.24) is 9.97 Å². The molecule has 0 amide bonds. The summed E-state index contributed by atoms with van der Waals surface area (Å²) in [5, 5.41) is -0.927. The predicted octanol–water partition coefficient (Wildman–Crippen LogP) is 3.44. The third-order valence-corrected chi connectivity index (χ3v) is 2.07. The molecule has 0 aliphatic rings.